The van der Waals surface area contributed by atoms with Crippen molar-refractivity contribution in [1.82, 2.24) is 0 Å². The van der Waals surface area contributed by atoms with Gasteiger partial charge in [0.05, 0.1) is 6.61 Å². The summed E-state index contributed by atoms with van der Waals surface area (Å²) in [6, 6.07) is 12.2. The summed E-state index contributed by atoms with van der Waals surface area (Å²) in [7, 11) is 0. The normalized spacial score (nSPS) is 11.2. The number of aliphatic hydroxyl groups is 1. The van der Waals surface area contributed by atoms with Crippen molar-refractivity contribution in [1.29, 1.82) is 0 Å². The second kappa shape index (κ2) is 10.6. The maximum atomic E-state index is 10.4. The molecule has 2 aromatic carbocycles. The van der Waals surface area contributed by atoms with Crippen LogP contribution in [0.25, 0.3) is 16.8 Å². The number of allylic oxidation sites excluding steroid dienone is 1. The third-order valence-electron chi connectivity index (χ3n) is 4.02. The average molecular weight is 326 g/mol. The summed E-state index contributed by atoms with van der Waals surface area (Å²) >= 11 is 0. The number of fused-ring (bicyclic) bond motifs is 1. The van der Waals surface area contributed by atoms with Gasteiger partial charge in [0, 0.05) is 6.61 Å². The first kappa shape index (κ1) is 18.2. The average Bonchev–Trinajstić information content (AvgIpc) is 2.62. The van der Waals surface area contributed by atoms with Crippen LogP contribution in [0.3, 0.4) is 0 Å². The first-order valence-corrected chi connectivity index (χ1v) is 8.73. The number of aldehydes is 1. The Labute approximate surface area is 144 Å². The predicted octanol–water partition coefficient (Wildman–Crippen LogP) is 4.76. The van der Waals surface area contributed by atoms with E-state index >= 15 is 0 Å². The summed E-state index contributed by atoms with van der Waals surface area (Å²) in [5, 5.41) is 11.0. The smallest absolute Gasteiger partial charge is 0.142 e. The van der Waals surface area contributed by atoms with Crippen LogP contribution in [0.15, 0.2) is 42.5 Å². The molecule has 24 heavy (non-hydrogen) atoms. The number of aliphatic hydroxyl groups excluding tert-OH is 1. The molecule has 0 aliphatic rings. The first-order chi connectivity index (χ1) is 11.8. The van der Waals surface area contributed by atoms with Crippen molar-refractivity contribution in [3.8, 4) is 5.75 Å². The number of rotatable bonds is 11. The van der Waals surface area contributed by atoms with Gasteiger partial charge in [-0.2, -0.15) is 0 Å². The fourth-order valence-corrected chi connectivity index (χ4v) is 2.70. The summed E-state index contributed by atoms with van der Waals surface area (Å²) in [5.74, 6) is 0.902. The predicted molar refractivity (Wildman–Crippen MR) is 99.3 cm³/mol. The van der Waals surface area contributed by atoms with Crippen LogP contribution in [0.4, 0.5) is 0 Å². The summed E-state index contributed by atoms with van der Waals surface area (Å²) in [6.07, 6.45) is 10.8. The fourth-order valence-electron chi connectivity index (χ4n) is 2.70. The Morgan fingerprint density at radius 3 is 2.38 bits per heavy atom. The van der Waals surface area contributed by atoms with Crippen LogP contribution in [0.5, 0.6) is 5.75 Å². The van der Waals surface area contributed by atoms with Gasteiger partial charge in [-0.05, 0) is 53.5 Å². The topological polar surface area (TPSA) is 46.5 Å². The molecule has 0 heterocycles. The highest BCUT2D eigenvalue weighted by Crippen LogP contribution is 2.23. The van der Waals surface area contributed by atoms with Gasteiger partial charge in [0.25, 0.3) is 0 Å². The van der Waals surface area contributed by atoms with E-state index in [1.54, 1.807) is 6.08 Å². The molecule has 0 bridgehead atoms. The molecular weight excluding hydrogens is 300 g/mol. The van der Waals surface area contributed by atoms with Gasteiger partial charge in [-0.1, -0.05) is 50.0 Å². The number of carbonyl (C=O) groups is 1. The molecule has 0 aromatic heterocycles. The van der Waals surface area contributed by atoms with Crippen molar-refractivity contribution in [3.05, 3.63) is 48.0 Å². The zero-order chi connectivity index (χ0) is 17.0. The SMILES string of the molecule is O=C/C=C/c1ccc2cc(OCCCCCCCCO)ccc2c1. The van der Waals surface area contributed by atoms with E-state index in [1.165, 1.54) is 25.3 Å². The molecule has 0 saturated carbocycles. The molecule has 0 amide bonds. The molecule has 1 N–H and O–H groups in total. The number of carbonyl (C=O) groups excluding carboxylic acids is 1. The van der Waals surface area contributed by atoms with Crippen LogP contribution in [-0.2, 0) is 4.79 Å². The zero-order valence-electron chi connectivity index (χ0n) is 14.1. The number of ether oxygens (including phenoxy) is 1. The van der Waals surface area contributed by atoms with E-state index in [0.29, 0.717) is 6.61 Å². The van der Waals surface area contributed by atoms with E-state index in [9.17, 15) is 4.79 Å². The lowest BCUT2D eigenvalue weighted by molar-refractivity contribution is -0.104. The van der Waals surface area contributed by atoms with E-state index in [4.69, 9.17) is 9.84 Å². The minimum absolute atomic E-state index is 0.305. The molecular formula is C21H26O3. The Morgan fingerprint density at radius 1 is 0.875 bits per heavy atom. The minimum atomic E-state index is 0.305. The summed E-state index contributed by atoms with van der Waals surface area (Å²) in [5.41, 5.74) is 1.02. The Morgan fingerprint density at radius 2 is 1.58 bits per heavy atom. The highest BCUT2D eigenvalue weighted by atomic mass is 16.5. The van der Waals surface area contributed by atoms with Crippen LogP contribution in [0.2, 0.25) is 0 Å². The largest absolute Gasteiger partial charge is 0.494 e. The lowest BCUT2D eigenvalue weighted by Crippen LogP contribution is -1.97. The molecule has 0 saturated heterocycles. The molecule has 3 nitrogen and oxygen atoms in total. The number of unbranched alkanes of at least 4 members (excludes halogenated alkanes) is 5. The lowest BCUT2D eigenvalue weighted by atomic mass is 10.1. The van der Waals surface area contributed by atoms with Crippen LogP contribution in [0.1, 0.15) is 44.1 Å². The second-order valence-electron chi connectivity index (χ2n) is 5.96. The van der Waals surface area contributed by atoms with E-state index < -0.39 is 0 Å². The van der Waals surface area contributed by atoms with Crippen LogP contribution < -0.4 is 4.74 Å². The standard InChI is InChI=1S/C21H26O3/c22-13-5-3-1-2-4-6-15-24-21-12-11-19-16-18(8-7-14-23)9-10-20(19)17-21/h7-12,14,16-17,22H,1-6,13,15H2/b8-7+. The van der Waals surface area contributed by atoms with E-state index in [1.807, 2.05) is 18.2 Å². The Hall–Kier alpha value is -2.13. The van der Waals surface area contributed by atoms with Gasteiger partial charge in [0.2, 0.25) is 0 Å². The number of hydrogen-bond donors (Lipinski definition) is 1. The first-order valence-electron chi connectivity index (χ1n) is 8.73. The fraction of sp³-hybridized carbons (Fsp3) is 0.381. The highest BCUT2D eigenvalue weighted by molar-refractivity contribution is 5.87. The van der Waals surface area contributed by atoms with Gasteiger partial charge in [-0.25, -0.2) is 0 Å². The molecule has 0 aliphatic carbocycles. The Bertz CT molecular complexity index is 661. The van der Waals surface area contributed by atoms with Gasteiger partial charge in [0.15, 0.2) is 0 Å². The quantitative estimate of drug-likeness (QED) is 0.368. The van der Waals surface area contributed by atoms with E-state index in [2.05, 4.69) is 18.2 Å². The van der Waals surface area contributed by atoms with Crippen molar-refractivity contribution in [2.45, 2.75) is 38.5 Å². The molecule has 0 spiro atoms. The summed E-state index contributed by atoms with van der Waals surface area (Å²) in [4.78, 5) is 10.4. The minimum Gasteiger partial charge on any atom is -0.494 e. The van der Waals surface area contributed by atoms with Gasteiger partial charge in [0.1, 0.15) is 12.0 Å². The van der Waals surface area contributed by atoms with Crippen LogP contribution in [0, 0.1) is 0 Å². The van der Waals surface area contributed by atoms with Gasteiger partial charge >= 0.3 is 0 Å². The van der Waals surface area contributed by atoms with Gasteiger partial charge < -0.3 is 9.84 Å². The lowest BCUT2D eigenvalue weighted by Gasteiger charge is -2.08. The molecule has 2 aromatic rings. The second-order valence-corrected chi connectivity index (χ2v) is 5.96. The third kappa shape index (κ3) is 6.17. The van der Waals surface area contributed by atoms with Crippen LogP contribution >= 0.6 is 0 Å². The number of benzene rings is 2. The highest BCUT2D eigenvalue weighted by Gasteiger charge is 1.99. The number of hydrogen-bond acceptors (Lipinski definition) is 3. The summed E-state index contributed by atoms with van der Waals surface area (Å²) < 4.78 is 5.84. The Balaban J connectivity index is 1.79. The third-order valence-corrected chi connectivity index (χ3v) is 4.02. The van der Waals surface area contributed by atoms with Gasteiger partial charge in [-0.15, -0.1) is 0 Å². The van der Waals surface area contributed by atoms with Crippen molar-refractivity contribution < 1.29 is 14.6 Å². The molecule has 0 radical (unpaired) electrons. The van der Waals surface area contributed by atoms with E-state index in [-0.39, 0.29) is 0 Å². The van der Waals surface area contributed by atoms with Crippen molar-refractivity contribution >= 4 is 23.1 Å². The molecule has 0 atom stereocenters. The Kier molecular flexibility index (Phi) is 8.05. The monoisotopic (exact) mass is 326 g/mol. The van der Waals surface area contributed by atoms with Crippen LogP contribution in [-0.4, -0.2) is 24.6 Å². The van der Waals surface area contributed by atoms with E-state index in [0.717, 1.165) is 54.2 Å². The molecule has 2 rings (SSSR count). The van der Waals surface area contributed by atoms with Crippen molar-refractivity contribution in [2.75, 3.05) is 13.2 Å². The molecule has 0 aliphatic heterocycles. The maximum absolute atomic E-state index is 10.4. The molecule has 3 heteroatoms. The molecule has 0 fully saturated rings. The van der Waals surface area contributed by atoms with Gasteiger partial charge in [-0.3, -0.25) is 4.79 Å². The molecule has 128 valence electrons. The van der Waals surface area contributed by atoms with Crippen molar-refractivity contribution in [3.63, 3.8) is 0 Å². The molecule has 0 unspecified atom stereocenters. The maximum Gasteiger partial charge on any atom is 0.142 e. The summed E-state index contributed by atoms with van der Waals surface area (Å²) in [6.45, 7) is 1.05. The van der Waals surface area contributed by atoms with Crippen molar-refractivity contribution in [2.24, 2.45) is 0 Å². The zero-order valence-corrected chi connectivity index (χ0v) is 14.1.